The zero-order valence-electron chi connectivity index (χ0n) is 12.3. The zero-order valence-corrected chi connectivity index (χ0v) is 12.3. The summed E-state index contributed by atoms with van der Waals surface area (Å²) in [5.41, 5.74) is 0.362. The summed E-state index contributed by atoms with van der Waals surface area (Å²) in [6, 6.07) is 3.14. The van der Waals surface area contributed by atoms with Gasteiger partial charge >= 0.3 is 17.9 Å². The Morgan fingerprint density at radius 3 is 2.18 bits per heavy atom. The fraction of sp³-hybridized carbons (Fsp3) is 0.429. The molecular formula is C14H15NO7. The minimum absolute atomic E-state index is 0.362. The predicted octanol–water partition coefficient (Wildman–Crippen LogP) is -0.0231. The molecule has 0 fully saturated rings. The largest absolute Gasteiger partial charge is 0.468 e. The molecule has 0 saturated heterocycles. The average Bonchev–Trinajstić information content (AvgIpc) is 3.10. The number of esters is 3. The molecule has 1 aliphatic rings. The zero-order chi connectivity index (χ0) is 16.4. The molecule has 0 bridgehead atoms. The van der Waals surface area contributed by atoms with Gasteiger partial charge in [0.25, 0.3) is 0 Å². The van der Waals surface area contributed by atoms with Crippen LogP contribution in [0.2, 0.25) is 0 Å². The highest BCUT2D eigenvalue weighted by Gasteiger charge is 2.53. The van der Waals surface area contributed by atoms with Crippen molar-refractivity contribution in [3.05, 3.63) is 24.0 Å². The number of hydrogen-bond donors (Lipinski definition) is 0. The predicted molar refractivity (Wildman–Crippen MR) is 70.8 cm³/mol. The Labute approximate surface area is 125 Å². The summed E-state index contributed by atoms with van der Waals surface area (Å²) in [6.45, 7) is 0. The van der Waals surface area contributed by atoms with Crippen molar-refractivity contribution >= 4 is 23.8 Å². The second kappa shape index (κ2) is 6.00. The van der Waals surface area contributed by atoms with E-state index in [4.69, 9.17) is 0 Å². The van der Waals surface area contributed by atoms with E-state index in [1.165, 1.54) is 10.8 Å². The van der Waals surface area contributed by atoms with E-state index in [0.29, 0.717) is 5.69 Å². The van der Waals surface area contributed by atoms with Gasteiger partial charge in [-0.1, -0.05) is 0 Å². The lowest BCUT2D eigenvalue weighted by Crippen LogP contribution is -2.38. The van der Waals surface area contributed by atoms with Crippen molar-refractivity contribution in [2.45, 2.75) is 5.92 Å². The van der Waals surface area contributed by atoms with Gasteiger partial charge in [0, 0.05) is 17.8 Å². The first-order valence-electron chi connectivity index (χ1n) is 6.42. The Kier molecular flexibility index (Phi) is 4.30. The molecule has 0 aromatic carbocycles. The average molecular weight is 309 g/mol. The molecule has 0 saturated carbocycles. The van der Waals surface area contributed by atoms with Crippen molar-refractivity contribution in [1.29, 1.82) is 0 Å². The minimum atomic E-state index is -1.43. The number of carbonyl (C=O) groups excluding carboxylic acids is 4. The molecule has 8 nitrogen and oxygen atoms in total. The standard InChI is InChI=1S/C14H15NO7/c1-20-12(17)9-8(7-5-4-6-15(7)11(9)16)10(13(18)21-2)14(19)22-3/h4-6,8-10H,1-3H3/t8-,9+/m1/s1. The third-order valence-electron chi connectivity index (χ3n) is 3.71. The quantitative estimate of drug-likeness (QED) is 0.437. The van der Waals surface area contributed by atoms with Gasteiger partial charge in [-0.15, -0.1) is 0 Å². The van der Waals surface area contributed by atoms with Crippen LogP contribution >= 0.6 is 0 Å². The molecule has 8 heteroatoms. The van der Waals surface area contributed by atoms with Crippen LogP contribution in [0.15, 0.2) is 18.3 Å². The molecule has 0 aliphatic carbocycles. The van der Waals surface area contributed by atoms with E-state index in [0.717, 1.165) is 21.3 Å². The van der Waals surface area contributed by atoms with Crippen molar-refractivity contribution in [2.24, 2.45) is 11.8 Å². The Morgan fingerprint density at radius 1 is 1.09 bits per heavy atom. The first kappa shape index (κ1) is 15.7. The molecule has 2 heterocycles. The van der Waals surface area contributed by atoms with E-state index in [2.05, 4.69) is 14.2 Å². The fourth-order valence-electron chi connectivity index (χ4n) is 2.72. The maximum atomic E-state index is 12.4. The van der Waals surface area contributed by atoms with Crippen molar-refractivity contribution in [3.63, 3.8) is 0 Å². The van der Waals surface area contributed by atoms with E-state index in [9.17, 15) is 19.2 Å². The van der Waals surface area contributed by atoms with E-state index in [-0.39, 0.29) is 0 Å². The highest BCUT2D eigenvalue weighted by atomic mass is 16.5. The summed E-state index contributed by atoms with van der Waals surface area (Å²) < 4.78 is 15.1. The number of aromatic nitrogens is 1. The SMILES string of the molecule is COC(=O)C(C(=O)OC)[C@@H]1c2cccn2C(=O)[C@H]1C(=O)OC. The van der Waals surface area contributed by atoms with E-state index in [1.54, 1.807) is 12.1 Å². The molecular weight excluding hydrogens is 294 g/mol. The maximum absolute atomic E-state index is 12.4. The lowest BCUT2D eigenvalue weighted by atomic mass is 9.81. The van der Waals surface area contributed by atoms with Crippen LogP contribution in [0.4, 0.5) is 0 Å². The van der Waals surface area contributed by atoms with Crippen LogP contribution in [-0.4, -0.2) is 49.7 Å². The summed E-state index contributed by atoms with van der Waals surface area (Å²) in [7, 11) is 3.36. The van der Waals surface area contributed by atoms with Gasteiger partial charge in [-0.2, -0.15) is 0 Å². The molecule has 2 rings (SSSR count). The van der Waals surface area contributed by atoms with E-state index < -0.39 is 41.6 Å². The molecule has 0 spiro atoms. The van der Waals surface area contributed by atoms with Gasteiger partial charge in [0.15, 0.2) is 5.92 Å². The molecule has 1 aliphatic heterocycles. The summed E-state index contributed by atoms with van der Waals surface area (Å²) in [5.74, 6) is -6.91. The third-order valence-corrected chi connectivity index (χ3v) is 3.71. The molecule has 0 N–H and O–H groups in total. The van der Waals surface area contributed by atoms with Crippen LogP contribution in [0, 0.1) is 11.8 Å². The number of nitrogens with zero attached hydrogens (tertiary/aromatic N) is 1. The van der Waals surface area contributed by atoms with Gasteiger partial charge in [0.1, 0.15) is 5.92 Å². The summed E-state index contributed by atoms with van der Waals surface area (Å²) in [6.07, 6.45) is 1.46. The number of fused-ring (bicyclic) bond motifs is 1. The summed E-state index contributed by atoms with van der Waals surface area (Å²) >= 11 is 0. The number of methoxy groups -OCH3 is 3. The van der Waals surface area contributed by atoms with Gasteiger partial charge in [-0.25, -0.2) is 0 Å². The highest BCUT2D eigenvalue weighted by Crippen LogP contribution is 2.41. The van der Waals surface area contributed by atoms with Crippen molar-refractivity contribution in [3.8, 4) is 0 Å². The molecule has 1 aromatic heterocycles. The van der Waals surface area contributed by atoms with E-state index >= 15 is 0 Å². The third kappa shape index (κ3) is 2.26. The molecule has 0 radical (unpaired) electrons. The number of rotatable bonds is 4. The fourth-order valence-corrected chi connectivity index (χ4v) is 2.72. The Hall–Kier alpha value is -2.64. The topological polar surface area (TPSA) is 101 Å². The summed E-state index contributed by atoms with van der Waals surface area (Å²) in [4.78, 5) is 48.3. The molecule has 0 unspecified atom stereocenters. The molecule has 22 heavy (non-hydrogen) atoms. The van der Waals surface area contributed by atoms with Crippen LogP contribution in [0.3, 0.4) is 0 Å². The highest BCUT2D eigenvalue weighted by molar-refractivity contribution is 6.06. The van der Waals surface area contributed by atoms with Gasteiger partial charge in [-0.05, 0) is 12.1 Å². The lowest BCUT2D eigenvalue weighted by Gasteiger charge is -2.22. The molecule has 0 amide bonds. The first-order chi connectivity index (χ1) is 10.5. The van der Waals surface area contributed by atoms with Crippen molar-refractivity contribution < 1.29 is 33.4 Å². The molecule has 118 valence electrons. The van der Waals surface area contributed by atoms with Crippen LogP contribution in [-0.2, 0) is 28.6 Å². The van der Waals surface area contributed by atoms with Gasteiger partial charge in [0.05, 0.1) is 21.3 Å². The van der Waals surface area contributed by atoms with Crippen molar-refractivity contribution in [1.82, 2.24) is 4.57 Å². The van der Waals surface area contributed by atoms with Crippen LogP contribution in [0.25, 0.3) is 0 Å². The molecule has 2 atom stereocenters. The first-order valence-corrected chi connectivity index (χ1v) is 6.42. The van der Waals surface area contributed by atoms with Gasteiger partial charge in [-0.3, -0.25) is 23.7 Å². The van der Waals surface area contributed by atoms with Crippen molar-refractivity contribution in [2.75, 3.05) is 21.3 Å². The Morgan fingerprint density at radius 2 is 1.68 bits per heavy atom. The lowest BCUT2D eigenvalue weighted by molar-refractivity contribution is -0.161. The minimum Gasteiger partial charge on any atom is -0.468 e. The second-order valence-corrected chi connectivity index (χ2v) is 4.69. The number of hydrogen-bond acceptors (Lipinski definition) is 7. The Balaban J connectivity index is 2.56. The summed E-state index contributed by atoms with van der Waals surface area (Å²) in [5, 5.41) is 0. The Bertz CT molecular complexity index is 617. The second-order valence-electron chi connectivity index (χ2n) is 4.69. The normalized spacial score (nSPS) is 19.7. The van der Waals surface area contributed by atoms with Crippen LogP contribution in [0.5, 0.6) is 0 Å². The van der Waals surface area contributed by atoms with E-state index in [1.807, 2.05) is 0 Å². The monoisotopic (exact) mass is 309 g/mol. The molecule has 1 aromatic rings. The van der Waals surface area contributed by atoms with Gasteiger partial charge in [0.2, 0.25) is 5.91 Å². The maximum Gasteiger partial charge on any atom is 0.320 e. The smallest absolute Gasteiger partial charge is 0.320 e. The van der Waals surface area contributed by atoms with Crippen LogP contribution < -0.4 is 0 Å². The van der Waals surface area contributed by atoms with Crippen LogP contribution in [0.1, 0.15) is 16.4 Å². The van der Waals surface area contributed by atoms with Gasteiger partial charge < -0.3 is 14.2 Å². The number of carbonyl (C=O) groups is 4. The number of ether oxygens (including phenoxy) is 3.